The van der Waals surface area contributed by atoms with E-state index in [0.717, 1.165) is 4.68 Å². The van der Waals surface area contributed by atoms with Crippen LogP contribution in [0.4, 0.5) is 23.5 Å². The van der Waals surface area contributed by atoms with Crippen molar-refractivity contribution in [1.29, 1.82) is 0 Å². The van der Waals surface area contributed by atoms with Gasteiger partial charge in [0.25, 0.3) is 5.91 Å². The molecule has 3 atom stereocenters. The van der Waals surface area contributed by atoms with Gasteiger partial charge in [0.05, 0.1) is 29.8 Å². The molecule has 0 spiro atoms. The highest BCUT2D eigenvalue weighted by atomic mass is 35.5. The molecule has 6 rings (SSSR count). The Morgan fingerprint density at radius 2 is 1.81 bits per heavy atom. The van der Waals surface area contributed by atoms with Crippen molar-refractivity contribution < 1.29 is 35.9 Å². The van der Waals surface area contributed by atoms with Gasteiger partial charge in [0.15, 0.2) is 33.3 Å². The van der Waals surface area contributed by atoms with Gasteiger partial charge in [0, 0.05) is 36.3 Å². The molecule has 14 nitrogen and oxygen atoms in total. The average Bonchev–Trinajstić information content (AvgIpc) is 3.41. The summed E-state index contributed by atoms with van der Waals surface area (Å²) in [5, 5.41) is 21.4. The first kappa shape index (κ1) is 32.6. The molecule has 20 heteroatoms. The van der Waals surface area contributed by atoms with Crippen LogP contribution >= 0.6 is 11.6 Å². The zero-order valence-electron chi connectivity index (χ0n) is 24.2. The third-order valence-corrected chi connectivity index (χ3v) is 9.43. The SMILES string of the molecule is O=C(NC1CC1F)c1ncccc1-n1nc(Cn2nc(-c3ccc(Cl)cc3)n(C[C@@H](O)C(F)(F)F)c2=O)nc1N1CCS(=O)(=O)CC1. The predicted octanol–water partition coefficient (Wildman–Crippen LogP) is 1.39. The third-order valence-electron chi connectivity index (χ3n) is 7.57. The number of halogens is 5. The van der Waals surface area contributed by atoms with Crippen molar-refractivity contribution in [3.05, 3.63) is 69.6 Å². The minimum absolute atomic E-state index is 0.0263. The molecule has 1 aliphatic heterocycles. The van der Waals surface area contributed by atoms with Gasteiger partial charge in [0.1, 0.15) is 12.7 Å². The Morgan fingerprint density at radius 1 is 1.13 bits per heavy atom. The summed E-state index contributed by atoms with van der Waals surface area (Å²) in [4.78, 5) is 36.8. The van der Waals surface area contributed by atoms with E-state index >= 15 is 0 Å². The summed E-state index contributed by atoms with van der Waals surface area (Å²) in [6.45, 7) is -1.56. The molecule has 1 saturated heterocycles. The molecule has 0 bridgehead atoms. The zero-order valence-corrected chi connectivity index (χ0v) is 25.8. The lowest BCUT2D eigenvalue weighted by molar-refractivity contribution is -0.207. The molecule has 4 aromatic rings. The first-order valence-corrected chi connectivity index (χ1v) is 16.4. The van der Waals surface area contributed by atoms with Crippen molar-refractivity contribution in [2.45, 2.75) is 44.0 Å². The fourth-order valence-corrected chi connectivity index (χ4v) is 6.24. The van der Waals surface area contributed by atoms with Crippen molar-refractivity contribution >= 4 is 33.3 Å². The normalized spacial score (nSPS) is 19.8. The highest BCUT2D eigenvalue weighted by Gasteiger charge is 2.40. The zero-order chi connectivity index (χ0) is 33.7. The van der Waals surface area contributed by atoms with Gasteiger partial charge in [-0.2, -0.15) is 22.8 Å². The molecule has 1 saturated carbocycles. The van der Waals surface area contributed by atoms with Gasteiger partial charge in [-0.15, -0.1) is 10.2 Å². The number of carbonyl (C=O) groups excluding carboxylic acids is 1. The molecule has 1 amide bonds. The highest BCUT2D eigenvalue weighted by Crippen LogP contribution is 2.27. The van der Waals surface area contributed by atoms with Crippen LogP contribution in [0, 0.1) is 0 Å². The Kier molecular flexibility index (Phi) is 8.56. The number of hydrogen-bond acceptors (Lipinski definition) is 10. The number of anilines is 1. The van der Waals surface area contributed by atoms with Crippen LogP contribution in [0.25, 0.3) is 17.1 Å². The summed E-state index contributed by atoms with van der Waals surface area (Å²) in [7, 11) is -3.31. The summed E-state index contributed by atoms with van der Waals surface area (Å²) in [6, 6.07) is 8.16. The number of pyridine rings is 1. The number of aliphatic hydroxyl groups excluding tert-OH is 1. The number of amides is 1. The van der Waals surface area contributed by atoms with Gasteiger partial charge in [0.2, 0.25) is 5.95 Å². The van der Waals surface area contributed by atoms with Crippen LogP contribution in [-0.4, -0.2) is 103 Å². The Bertz CT molecular complexity index is 1970. The lowest BCUT2D eigenvalue weighted by Crippen LogP contribution is -2.41. The van der Waals surface area contributed by atoms with E-state index in [-0.39, 0.29) is 65.6 Å². The van der Waals surface area contributed by atoms with Crippen LogP contribution in [0.3, 0.4) is 0 Å². The van der Waals surface area contributed by atoms with E-state index in [1.807, 2.05) is 0 Å². The van der Waals surface area contributed by atoms with Crippen LogP contribution in [-0.2, 0) is 22.9 Å². The highest BCUT2D eigenvalue weighted by molar-refractivity contribution is 7.91. The van der Waals surface area contributed by atoms with Crippen LogP contribution < -0.4 is 15.9 Å². The van der Waals surface area contributed by atoms with E-state index in [2.05, 4.69) is 25.5 Å². The Labute approximate surface area is 268 Å². The largest absolute Gasteiger partial charge is 0.416 e. The maximum Gasteiger partial charge on any atom is 0.416 e. The number of alkyl halides is 4. The minimum atomic E-state index is -5.02. The lowest BCUT2D eigenvalue weighted by atomic mass is 10.2. The first-order valence-electron chi connectivity index (χ1n) is 14.2. The second-order valence-electron chi connectivity index (χ2n) is 11.0. The van der Waals surface area contributed by atoms with Gasteiger partial charge in [-0.05, 0) is 36.4 Å². The second kappa shape index (κ2) is 12.3. The number of sulfone groups is 1. The number of rotatable bonds is 9. The topological polar surface area (TPSA) is 170 Å². The monoisotopic (exact) mass is 699 g/mol. The van der Waals surface area contributed by atoms with Crippen molar-refractivity contribution in [2.75, 3.05) is 29.5 Å². The van der Waals surface area contributed by atoms with Crippen molar-refractivity contribution in [1.82, 2.24) is 39.4 Å². The maximum absolute atomic E-state index is 13.5. The van der Waals surface area contributed by atoms with E-state index in [9.17, 15) is 40.7 Å². The summed E-state index contributed by atoms with van der Waals surface area (Å²) in [5.41, 5.74) is -0.768. The summed E-state index contributed by atoms with van der Waals surface area (Å²) in [6.07, 6.45) is -7.56. The number of nitrogens with zero attached hydrogens (tertiary/aromatic N) is 8. The summed E-state index contributed by atoms with van der Waals surface area (Å²) in [5.74, 6) is -1.21. The first-order chi connectivity index (χ1) is 22.2. The smallest absolute Gasteiger partial charge is 0.382 e. The molecule has 1 aromatic carbocycles. The molecule has 2 aliphatic rings. The third kappa shape index (κ3) is 7.01. The van der Waals surface area contributed by atoms with Crippen LogP contribution in [0.15, 0.2) is 47.4 Å². The number of hydrogen-bond donors (Lipinski definition) is 2. The average molecular weight is 700 g/mol. The van der Waals surface area contributed by atoms with Gasteiger partial charge in [-0.25, -0.2) is 27.3 Å². The van der Waals surface area contributed by atoms with E-state index in [1.54, 1.807) is 4.90 Å². The number of aliphatic hydroxyl groups is 1. The standard InChI is InChI=1S/C27H26ClF4N9O5S/c28-16-5-3-15(4-6-16)23-37-40(26(44)39(23)13-20(42)27(30,31)32)14-21-35-25(38-8-10-47(45,46)11-9-38)41(36-21)19-2-1-7-33-22(19)24(43)34-18-12-17(18)29/h1-7,17-18,20,42H,8-14H2,(H,34,43)/t17?,18?,20-/m1/s1. The van der Waals surface area contributed by atoms with Gasteiger partial charge in [-0.3, -0.25) is 9.36 Å². The van der Waals surface area contributed by atoms with Crippen molar-refractivity contribution in [2.24, 2.45) is 0 Å². The Morgan fingerprint density at radius 3 is 2.45 bits per heavy atom. The summed E-state index contributed by atoms with van der Waals surface area (Å²) >= 11 is 5.95. The molecule has 4 heterocycles. The van der Waals surface area contributed by atoms with E-state index in [0.29, 0.717) is 9.59 Å². The molecule has 1 aliphatic carbocycles. The molecule has 0 radical (unpaired) electrons. The Hall–Kier alpha value is -4.36. The number of carbonyl (C=O) groups is 1. The molecule has 2 unspecified atom stereocenters. The molecule has 250 valence electrons. The van der Waals surface area contributed by atoms with Gasteiger partial charge < -0.3 is 15.3 Å². The fourth-order valence-electron chi connectivity index (χ4n) is 4.92. The molecular weight excluding hydrogens is 674 g/mol. The quantitative estimate of drug-likeness (QED) is 0.244. The molecule has 2 N–H and O–H groups in total. The van der Waals surface area contributed by atoms with E-state index in [1.165, 1.54) is 47.3 Å². The number of nitrogens with one attached hydrogen (secondary N) is 1. The van der Waals surface area contributed by atoms with E-state index in [4.69, 9.17) is 11.6 Å². The number of benzene rings is 1. The van der Waals surface area contributed by atoms with E-state index < -0.39 is 59.0 Å². The fraction of sp³-hybridized carbons (Fsp3) is 0.407. The molecule has 3 aromatic heterocycles. The second-order valence-corrected chi connectivity index (χ2v) is 13.8. The van der Waals surface area contributed by atoms with Gasteiger partial charge >= 0.3 is 11.9 Å². The van der Waals surface area contributed by atoms with Crippen molar-refractivity contribution in [3.63, 3.8) is 0 Å². The molecule has 47 heavy (non-hydrogen) atoms. The minimum Gasteiger partial charge on any atom is -0.382 e. The van der Waals surface area contributed by atoms with Crippen LogP contribution in [0.1, 0.15) is 22.7 Å². The Balaban J connectivity index is 1.41. The lowest BCUT2D eigenvalue weighted by Gasteiger charge is -2.27. The van der Waals surface area contributed by atoms with Crippen LogP contribution in [0.5, 0.6) is 0 Å². The maximum atomic E-state index is 13.5. The van der Waals surface area contributed by atoms with Crippen molar-refractivity contribution in [3.8, 4) is 17.1 Å². The summed E-state index contributed by atoms with van der Waals surface area (Å²) < 4.78 is 80.5. The molecule has 2 fully saturated rings. The van der Waals surface area contributed by atoms with Crippen LogP contribution in [0.2, 0.25) is 5.02 Å². The predicted molar refractivity (Wildman–Crippen MR) is 159 cm³/mol. The van der Waals surface area contributed by atoms with Gasteiger partial charge in [-0.1, -0.05) is 11.6 Å². The molecular formula is C27H26ClF4N9O5S. The number of aromatic nitrogens is 7.